The van der Waals surface area contributed by atoms with Gasteiger partial charge in [-0.1, -0.05) is 38.2 Å². The standard InChI is InChI=1S/C16H23F2N/c1-11-9-10-13(17)14(15(11)18)16(19)12-7-5-3-2-4-6-8-12/h9-10,12,16H,2-8,19H2,1H3. The molecule has 1 fully saturated rings. The van der Waals surface area contributed by atoms with Crippen molar-refractivity contribution in [3.63, 3.8) is 0 Å². The molecule has 0 aromatic heterocycles. The van der Waals surface area contributed by atoms with E-state index < -0.39 is 17.7 Å². The molecule has 0 amide bonds. The Balaban J connectivity index is 2.22. The van der Waals surface area contributed by atoms with Gasteiger partial charge in [0.15, 0.2) is 0 Å². The van der Waals surface area contributed by atoms with E-state index in [9.17, 15) is 8.78 Å². The van der Waals surface area contributed by atoms with Crippen LogP contribution >= 0.6 is 0 Å². The van der Waals surface area contributed by atoms with E-state index >= 15 is 0 Å². The molecule has 0 aliphatic heterocycles. The number of rotatable bonds is 2. The van der Waals surface area contributed by atoms with Gasteiger partial charge in [-0.15, -0.1) is 0 Å². The molecule has 1 unspecified atom stereocenters. The van der Waals surface area contributed by atoms with Crippen LogP contribution in [-0.2, 0) is 0 Å². The fourth-order valence-electron chi connectivity index (χ4n) is 3.07. The number of aryl methyl sites for hydroxylation is 1. The summed E-state index contributed by atoms with van der Waals surface area (Å²) in [5.74, 6) is -0.765. The Labute approximate surface area is 114 Å². The highest BCUT2D eigenvalue weighted by Gasteiger charge is 2.26. The van der Waals surface area contributed by atoms with E-state index in [1.54, 1.807) is 6.92 Å². The summed E-state index contributed by atoms with van der Waals surface area (Å²) in [7, 11) is 0. The normalized spacial score (nSPS) is 19.8. The van der Waals surface area contributed by atoms with Gasteiger partial charge in [-0.2, -0.15) is 0 Å². The third-order valence-electron chi connectivity index (χ3n) is 4.31. The second-order valence-electron chi connectivity index (χ2n) is 5.72. The summed E-state index contributed by atoms with van der Waals surface area (Å²) in [6.07, 6.45) is 7.89. The van der Waals surface area contributed by atoms with Crippen LogP contribution in [0.25, 0.3) is 0 Å². The second kappa shape index (κ2) is 6.47. The second-order valence-corrected chi connectivity index (χ2v) is 5.72. The lowest BCUT2D eigenvalue weighted by atomic mass is 9.82. The predicted molar refractivity (Wildman–Crippen MR) is 73.8 cm³/mol. The zero-order chi connectivity index (χ0) is 13.8. The lowest BCUT2D eigenvalue weighted by Crippen LogP contribution is -2.25. The molecule has 1 aromatic rings. The highest BCUT2D eigenvalue weighted by molar-refractivity contribution is 5.29. The Morgan fingerprint density at radius 2 is 1.63 bits per heavy atom. The van der Waals surface area contributed by atoms with Gasteiger partial charge in [0.2, 0.25) is 0 Å². The minimum absolute atomic E-state index is 0.0885. The first-order chi connectivity index (χ1) is 9.11. The molecule has 0 bridgehead atoms. The van der Waals surface area contributed by atoms with Crippen molar-refractivity contribution in [2.24, 2.45) is 11.7 Å². The number of benzene rings is 1. The van der Waals surface area contributed by atoms with Crippen LogP contribution in [0.5, 0.6) is 0 Å². The molecule has 0 saturated heterocycles. The van der Waals surface area contributed by atoms with Gasteiger partial charge >= 0.3 is 0 Å². The van der Waals surface area contributed by atoms with E-state index in [1.165, 1.54) is 31.4 Å². The first kappa shape index (κ1) is 14.4. The van der Waals surface area contributed by atoms with Gasteiger partial charge in [-0.25, -0.2) is 8.78 Å². The monoisotopic (exact) mass is 267 g/mol. The summed E-state index contributed by atoms with van der Waals surface area (Å²) in [5.41, 5.74) is 6.74. The number of nitrogens with two attached hydrogens (primary N) is 1. The lowest BCUT2D eigenvalue weighted by molar-refractivity contribution is 0.316. The van der Waals surface area contributed by atoms with Crippen LogP contribution in [0.4, 0.5) is 8.78 Å². The number of hydrogen-bond acceptors (Lipinski definition) is 1. The Bertz CT molecular complexity index is 423. The fourth-order valence-corrected chi connectivity index (χ4v) is 3.07. The van der Waals surface area contributed by atoms with Gasteiger partial charge in [0, 0.05) is 11.6 Å². The highest BCUT2D eigenvalue weighted by atomic mass is 19.1. The first-order valence-electron chi connectivity index (χ1n) is 7.31. The van der Waals surface area contributed by atoms with Crippen LogP contribution in [0.2, 0.25) is 0 Å². The maximum Gasteiger partial charge on any atom is 0.133 e. The summed E-state index contributed by atoms with van der Waals surface area (Å²) in [6, 6.07) is 2.29. The largest absolute Gasteiger partial charge is 0.324 e. The van der Waals surface area contributed by atoms with E-state index in [0.717, 1.165) is 25.7 Å². The molecule has 2 rings (SSSR count). The van der Waals surface area contributed by atoms with Crippen LogP contribution in [0.15, 0.2) is 12.1 Å². The smallest absolute Gasteiger partial charge is 0.133 e. The van der Waals surface area contributed by atoms with Gasteiger partial charge in [0.1, 0.15) is 11.6 Å². The summed E-state index contributed by atoms with van der Waals surface area (Å²) >= 11 is 0. The van der Waals surface area contributed by atoms with Crippen LogP contribution < -0.4 is 5.73 Å². The first-order valence-corrected chi connectivity index (χ1v) is 7.31. The van der Waals surface area contributed by atoms with Crippen molar-refractivity contribution in [1.29, 1.82) is 0 Å². The van der Waals surface area contributed by atoms with Crippen LogP contribution in [0.3, 0.4) is 0 Å². The third kappa shape index (κ3) is 3.33. The molecule has 0 spiro atoms. The molecule has 1 aromatic carbocycles. The quantitative estimate of drug-likeness (QED) is 0.830. The summed E-state index contributed by atoms with van der Waals surface area (Å²) in [6.45, 7) is 1.66. The van der Waals surface area contributed by atoms with Crippen molar-refractivity contribution in [3.8, 4) is 0 Å². The molecule has 19 heavy (non-hydrogen) atoms. The molecule has 106 valence electrons. The van der Waals surface area contributed by atoms with Gasteiger partial charge in [-0.3, -0.25) is 0 Å². The average molecular weight is 267 g/mol. The SMILES string of the molecule is Cc1ccc(F)c(C(N)C2CCCCCCC2)c1F. The van der Waals surface area contributed by atoms with Crippen molar-refractivity contribution < 1.29 is 8.78 Å². The lowest BCUT2D eigenvalue weighted by Gasteiger charge is -2.27. The van der Waals surface area contributed by atoms with E-state index in [1.807, 2.05) is 0 Å². The summed E-state index contributed by atoms with van der Waals surface area (Å²) < 4.78 is 28.0. The Kier molecular flexibility index (Phi) is 4.92. The third-order valence-corrected chi connectivity index (χ3v) is 4.31. The van der Waals surface area contributed by atoms with Crippen molar-refractivity contribution in [3.05, 3.63) is 34.9 Å². The molecule has 3 heteroatoms. The van der Waals surface area contributed by atoms with E-state index in [0.29, 0.717) is 5.56 Å². The molecule has 0 heterocycles. The molecule has 1 saturated carbocycles. The fraction of sp³-hybridized carbons (Fsp3) is 0.625. The summed E-state index contributed by atoms with van der Waals surface area (Å²) in [5, 5.41) is 0. The zero-order valence-corrected chi connectivity index (χ0v) is 11.6. The average Bonchev–Trinajstić information content (AvgIpc) is 2.34. The molecule has 2 N–H and O–H groups in total. The van der Waals surface area contributed by atoms with E-state index in [4.69, 9.17) is 5.73 Å². The molecular formula is C16H23F2N. The van der Waals surface area contributed by atoms with Crippen molar-refractivity contribution in [1.82, 2.24) is 0 Å². The van der Waals surface area contributed by atoms with Gasteiger partial charge < -0.3 is 5.73 Å². The number of hydrogen-bond donors (Lipinski definition) is 1. The molecule has 1 aliphatic rings. The topological polar surface area (TPSA) is 26.0 Å². The highest BCUT2D eigenvalue weighted by Crippen LogP contribution is 2.34. The van der Waals surface area contributed by atoms with Gasteiger partial charge in [0.25, 0.3) is 0 Å². The number of halogens is 2. The van der Waals surface area contributed by atoms with Crippen molar-refractivity contribution in [2.75, 3.05) is 0 Å². The minimum Gasteiger partial charge on any atom is -0.324 e. The zero-order valence-electron chi connectivity index (χ0n) is 11.6. The maximum absolute atomic E-state index is 14.1. The molecule has 1 aliphatic carbocycles. The maximum atomic E-state index is 14.1. The van der Waals surface area contributed by atoms with Crippen LogP contribution in [0, 0.1) is 24.5 Å². The summed E-state index contributed by atoms with van der Waals surface area (Å²) in [4.78, 5) is 0. The molecule has 1 nitrogen and oxygen atoms in total. The van der Waals surface area contributed by atoms with Crippen molar-refractivity contribution in [2.45, 2.75) is 57.9 Å². The molecule has 0 radical (unpaired) electrons. The Morgan fingerprint density at radius 3 is 2.26 bits per heavy atom. The molecular weight excluding hydrogens is 244 g/mol. The minimum atomic E-state index is -0.516. The van der Waals surface area contributed by atoms with E-state index in [2.05, 4.69) is 0 Å². The molecule has 1 atom stereocenters. The van der Waals surface area contributed by atoms with Crippen LogP contribution in [0.1, 0.15) is 62.1 Å². The van der Waals surface area contributed by atoms with Gasteiger partial charge in [0.05, 0.1) is 0 Å². The van der Waals surface area contributed by atoms with Crippen LogP contribution in [-0.4, -0.2) is 0 Å². The Hall–Kier alpha value is -0.960. The van der Waals surface area contributed by atoms with Crippen molar-refractivity contribution >= 4 is 0 Å². The Morgan fingerprint density at radius 1 is 1.05 bits per heavy atom. The van der Waals surface area contributed by atoms with E-state index in [-0.39, 0.29) is 11.5 Å². The van der Waals surface area contributed by atoms with Gasteiger partial charge in [-0.05, 0) is 37.3 Å². The predicted octanol–water partition coefficient (Wildman–Crippen LogP) is 4.63.